The highest BCUT2D eigenvalue weighted by Gasteiger charge is 2.24. The Balaban J connectivity index is 1.31. The molecule has 0 spiro atoms. The number of aryl methyl sites for hydroxylation is 1. The van der Waals surface area contributed by atoms with E-state index in [0.29, 0.717) is 19.1 Å². The van der Waals surface area contributed by atoms with Gasteiger partial charge in [-0.1, -0.05) is 6.07 Å². The van der Waals surface area contributed by atoms with Gasteiger partial charge in [0, 0.05) is 52.4 Å². The Bertz CT molecular complexity index is 668. The van der Waals surface area contributed by atoms with Gasteiger partial charge in [-0.3, -0.25) is 9.69 Å². The number of carbonyl (C=O) groups is 1. The monoisotopic (exact) mass is 419 g/mol. The van der Waals surface area contributed by atoms with Crippen LogP contribution in [0.2, 0.25) is 0 Å². The summed E-state index contributed by atoms with van der Waals surface area (Å²) >= 11 is 0. The minimum absolute atomic E-state index is 0.106. The Morgan fingerprint density at radius 2 is 1.90 bits per heavy atom. The zero-order valence-corrected chi connectivity index (χ0v) is 18.7. The molecular weight excluding hydrogens is 381 g/mol. The Hall–Kier alpha value is -1.66. The van der Waals surface area contributed by atoms with E-state index in [0.717, 1.165) is 69.2 Å². The van der Waals surface area contributed by atoms with Crippen molar-refractivity contribution in [2.24, 2.45) is 5.92 Å². The van der Waals surface area contributed by atoms with Crippen molar-refractivity contribution in [3.8, 4) is 0 Å². The van der Waals surface area contributed by atoms with Crippen LogP contribution in [0.1, 0.15) is 50.5 Å². The summed E-state index contributed by atoms with van der Waals surface area (Å²) in [4.78, 5) is 16.7. The number of amides is 1. The molecule has 1 aromatic rings. The molecule has 1 saturated heterocycles. The van der Waals surface area contributed by atoms with E-state index >= 15 is 0 Å². The van der Waals surface area contributed by atoms with Gasteiger partial charge in [-0.05, 0) is 75.6 Å². The topological polar surface area (TPSA) is 44.8 Å². The number of anilines is 1. The number of hydrogen-bond donors (Lipinski definition) is 1. The number of methoxy groups -OCH3 is 1. The predicted molar refractivity (Wildman–Crippen MR) is 119 cm³/mol. The molecule has 1 aliphatic heterocycles. The van der Waals surface area contributed by atoms with E-state index in [9.17, 15) is 9.18 Å². The Labute approximate surface area is 180 Å². The van der Waals surface area contributed by atoms with E-state index in [1.54, 1.807) is 13.2 Å². The molecule has 1 aromatic carbocycles. The number of piperazine rings is 1. The number of nitrogens with one attached hydrogen (secondary N) is 1. The van der Waals surface area contributed by atoms with Crippen LogP contribution in [0.25, 0.3) is 0 Å². The van der Waals surface area contributed by atoms with E-state index in [2.05, 4.69) is 15.1 Å². The SMILES string of the molecule is COCCCC(=O)NC1CCC(CCN2CCN(c3ccc(C)cc3F)CC2)CC1. The molecule has 1 heterocycles. The second kappa shape index (κ2) is 11.7. The van der Waals surface area contributed by atoms with Crippen LogP contribution >= 0.6 is 0 Å². The minimum atomic E-state index is -0.106. The molecule has 0 unspecified atom stereocenters. The standard InChI is InChI=1S/C24H38FN3O2/c1-19-5-10-23(22(25)18-19)28-15-13-27(14-16-28)12-11-20-6-8-21(9-7-20)26-24(29)4-3-17-30-2/h5,10,18,20-21H,3-4,6-9,11-17H2,1-2H3,(H,26,29). The van der Waals surface area contributed by atoms with Crippen LogP contribution < -0.4 is 10.2 Å². The molecule has 1 N–H and O–H groups in total. The van der Waals surface area contributed by atoms with Gasteiger partial charge in [0.05, 0.1) is 5.69 Å². The molecular formula is C24H38FN3O2. The third-order valence-corrected chi connectivity index (χ3v) is 6.63. The number of ether oxygens (including phenoxy) is 1. The normalized spacial score (nSPS) is 22.8. The first-order valence-corrected chi connectivity index (χ1v) is 11.6. The van der Waals surface area contributed by atoms with Gasteiger partial charge in [0.15, 0.2) is 0 Å². The van der Waals surface area contributed by atoms with Gasteiger partial charge in [-0.2, -0.15) is 0 Å². The molecule has 2 fully saturated rings. The lowest BCUT2D eigenvalue weighted by molar-refractivity contribution is -0.122. The summed E-state index contributed by atoms with van der Waals surface area (Å²) in [6, 6.07) is 5.88. The highest BCUT2D eigenvalue weighted by Crippen LogP contribution is 2.28. The van der Waals surface area contributed by atoms with Crippen LogP contribution in [-0.4, -0.2) is 63.3 Å². The van der Waals surface area contributed by atoms with Gasteiger partial charge < -0.3 is 15.0 Å². The number of rotatable bonds is 9. The maximum atomic E-state index is 14.2. The molecule has 0 atom stereocenters. The van der Waals surface area contributed by atoms with Gasteiger partial charge in [0.2, 0.25) is 5.91 Å². The highest BCUT2D eigenvalue weighted by atomic mass is 19.1. The average molecular weight is 420 g/mol. The Morgan fingerprint density at radius 1 is 1.17 bits per heavy atom. The van der Waals surface area contributed by atoms with Gasteiger partial charge in [0.1, 0.15) is 5.82 Å². The first-order valence-electron chi connectivity index (χ1n) is 11.6. The molecule has 3 rings (SSSR count). The zero-order valence-electron chi connectivity index (χ0n) is 18.7. The maximum Gasteiger partial charge on any atom is 0.220 e. The fraction of sp³-hybridized carbons (Fsp3) is 0.708. The van der Waals surface area contributed by atoms with Gasteiger partial charge in [-0.25, -0.2) is 4.39 Å². The zero-order chi connectivity index (χ0) is 21.3. The van der Waals surface area contributed by atoms with Crippen molar-refractivity contribution in [2.45, 2.75) is 57.9 Å². The van der Waals surface area contributed by atoms with E-state index in [1.807, 2.05) is 19.1 Å². The molecule has 0 radical (unpaired) electrons. The lowest BCUT2D eigenvalue weighted by Crippen LogP contribution is -2.47. The maximum absolute atomic E-state index is 14.2. The fourth-order valence-electron chi connectivity index (χ4n) is 4.72. The summed E-state index contributed by atoms with van der Waals surface area (Å²) < 4.78 is 19.2. The van der Waals surface area contributed by atoms with Crippen LogP contribution in [0.4, 0.5) is 10.1 Å². The molecule has 168 valence electrons. The molecule has 5 nitrogen and oxygen atoms in total. The largest absolute Gasteiger partial charge is 0.385 e. The molecule has 6 heteroatoms. The van der Waals surface area contributed by atoms with Crippen molar-refractivity contribution < 1.29 is 13.9 Å². The molecule has 0 bridgehead atoms. The van der Waals surface area contributed by atoms with Gasteiger partial charge in [0.25, 0.3) is 0 Å². The summed E-state index contributed by atoms with van der Waals surface area (Å²) in [5.74, 6) is 0.823. The van der Waals surface area contributed by atoms with Crippen molar-refractivity contribution in [3.63, 3.8) is 0 Å². The molecule has 0 aromatic heterocycles. The summed E-state index contributed by atoms with van der Waals surface area (Å²) in [6.45, 7) is 7.48. The van der Waals surface area contributed by atoms with E-state index in [4.69, 9.17) is 4.74 Å². The number of nitrogens with zero attached hydrogens (tertiary/aromatic N) is 2. The summed E-state index contributed by atoms with van der Waals surface area (Å²) in [6.07, 6.45) is 7.19. The van der Waals surface area contributed by atoms with Crippen molar-refractivity contribution >= 4 is 11.6 Å². The second-order valence-corrected chi connectivity index (χ2v) is 8.95. The molecule has 1 amide bonds. The lowest BCUT2D eigenvalue weighted by atomic mass is 9.84. The van der Waals surface area contributed by atoms with E-state index < -0.39 is 0 Å². The summed E-state index contributed by atoms with van der Waals surface area (Å²) in [5, 5.41) is 3.19. The predicted octanol–water partition coefficient (Wildman–Crippen LogP) is 3.75. The van der Waals surface area contributed by atoms with Crippen molar-refractivity contribution in [3.05, 3.63) is 29.6 Å². The number of carbonyl (C=O) groups excluding carboxylic acids is 1. The minimum Gasteiger partial charge on any atom is -0.385 e. The molecule has 30 heavy (non-hydrogen) atoms. The molecule has 1 saturated carbocycles. The lowest BCUT2D eigenvalue weighted by Gasteiger charge is -2.37. The number of hydrogen-bond acceptors (Lipinski definition) is 4. The number of halogens is 1. The quantitative estimate of drug-likeness (QED) is 0.619. The second-order valence-electron chi connectivity index (χ2n) is 8.95. The fourth-order valence-corrected chi connectivity index (χ4v) is 4.72. The molecule has 2 aliphatic rings. The number of benzene rings is 1. The Morgan fingerprint density at radius 3 is 2.57 bits per heavy atom. The van der Waals surface area contributed by atoms with Crippen LogP contribution in [0.3, 0.4) is 0 Å². The third kappa shape index (κ3) is 6.95. The summed E-state index contributed by atoms with van der Waals surface area (Å²) in [7, 11) is 1.67. The van der Waals surface area contributed by atoms with E-state index in [1.165, 1.54) is 19.3 Å². The van der Waals surface area contributed by atoms with Crippen LogP contribution in [0.15, 0.2) is 18.2 Å². The van der Waals surface area contributed by atoms with Crippen molar-refractivity contribution in [1.29, 1.82) is 0 Å². The first-order chi connectivity index (χ1) is 14.5. The van der Waals surface area contributed by atoms with Gasteiger partial charge in [-0.15, -0.1) is 0 Å². The first kappa shape index (κ1) is 23.0. The van der Waals surface area contributed by atoms with Crippen molar-refractivity contribution in [1.82, 2.24) is 10.2 Å². The van der Waals surface area contributed by atoms with Crippen molar-refractivity contribution in [2.75, 3.05) is 51.3 Å². The van der Waals surface area contributed by atoms with Crippen LogP contribution in [0.5, 0.6) is 0 Å². The van der Waals surface area contributed by atoms with Crippen LogP contribution in [-0.2, 0) is 9.53 Å². The highest BCUT2D eigenvalue weighted by molar-refractivity contribution is 5.76. The molecule has 1 aliphatic carbocycles. The van der Waals surface area contributed by atoms with E-state index in [-0.39, 0.29) is 11.7 Å². The van der Waals surface area contributed by atoms with Crippen LogP contribution in [0, 0.1) is 18.7 Å². The summed E-state index contributed by atoms with van der Waals surface area (Å²) in [5.41, 5.74) is 1.71. The van der Waals surface area contributed by atoms with Gasteiger partial charge >= 0.3 is 0 Å². The Kier molecular flexibility index (Phi) is 8.94. The third-order valence-electron chi connectivity index (χ3n) is 6.63. The smallest absolute Gasteiger partial charge is 0.220 e. The average Bonchev–Trinajstić information content (AvgIpc) is 2.74.